The fraction of sp³-hybridized carbons (Fsp3) is 0.316. The molecule has 3 heterocycles. The molecule has 27 heavy (non-hydrogen) atoms. The van der Waals surface area contributed by atoms with Crippen molar-refractivity contribution in [2.24, 2.45) is 0 Å². The predicted octanol–water partition coefficient (Wildman–Crippen LogP) is 2.31. The maximum absolute atomic E-state index is 12.9. The topological polar surface area (TPSA) is 92.5 Å². The summed E-state index contributed by atoms with van der Waals surface area (Å²) in [7, 11) is 0. The van der Waals surface area contributed by atoms with Gasteiger partial charge >= 0.3 is 0 Å². The standard InChI is InChI=1S/C19H20N6O2/c1-13-9-10-20-19-22-16(23-25(13)19)17(26)21-15-8-4-3-7-14(15)18(27)24-11-5-2-6-12-24/h3-4,7-10H,2,5-6,11-12H2,1H3,(H,21,26). The van der Waals surface area contributed by atoms with Crippen molar-refractivity contribution >= 4 is 23.3 Å². The first-order valence-corrected chi connectivity index (χ1v) is 9.01. The Morgan fingerprint density at radius 2 is 1.85 bits per heavy atom. The molecule has 0 atom stereocenters. The van der Waals surface area contributed by atoms with Gasteiger partial charge in [-0.15, -0.1) is 5.10 Å². The lowest BCUT2D eigenvalue weighted by Gasteiger charge is -2.27. The second kappa shape index (κ2) is 7.14. The van der Waals surface area contributed by atoms with E-state index in [2.05, 4.69) is 20.4 Å². The zero-order chi connectivity index (χ0) is 18.8. The SMILES string of the molecule is Cc1ccnc2nc(C(=O)Nc3ccccc3C(=O)N3CCCCC3)nn12. The van der Waals surface area contributed by atoms with E-state index in [0.717, 1.165) is 38.0 Å². The highest BCUT2D eigenvalue weighted by molar-refractivity contribution is 6.07. The van der Waals surface area contributed by atoms with E-state index < -0.39 is 5.91 Å². The van der Waals surface area contributed by atoms with E-state index in [0.29, 0.717) is 17.0 Å². The van der Waals surface area contributed by atoms with Gasteiger partial charge in [0.2, 0.25) is 5.82 Å². The van der Waals surface area contributed by atoms with Gasteiger partial charge in [0.1, 0.15) is 0 Å². The molecule has 1 aliphatic heterocycles. The van der Waals surface area contributed by atoms with Gasteiger partial charge in [0, 0.05) is 25.0 Å². The fourth-order valence-corrected chi connectivity index (χ4v) is 3.23. The number of benzene rings is 1. The lowest BCUT2D eigenvalue weighted by molar-refractivity contribution is 0.0725. The lowest BCUT2D eigenvalue weighted by atomic mass is 10.1. The number of carbonyl (C=O) groups is 2. The van der Waals surface area contributed by atoms with Crippen molar-refractivity contribution in [1.29, 1.82) is 0 Å². The van der Waals surface area contributed by atoms with Gasteiger partial charge in [-0.25, -0.2) is 9.50 Å². The van der Waals surface area contributed by atoms with Gasteiger partial charge in [0.15, 0.2) is 0 Å². The zero-order valence-corrected chi connectivity index (χ0v) is 15.1. The highest BCUT2D eigenvalue weighted by Crippen LogP contribution is 2.20. The highest BCUT2D eigenvalue weighted by atomic mass is 16.2. The molecular formula is C19H20N6O2. The Bertz CT molecular complexity index is 1010. The van der Waals surface area contributed by atoms with Crippen LogP contribution in [0.1, 0.15) is 45.9 Å². The molecule has 3 aromatic rings. The van der Waals surface area contributed by atoms with Gasteiger partial charge in [-0.2, -0.15) is 4.98 Å². The number of aryl methyl sites for hydroxylation is 1. The number of fused-ring (bicyclic) bond motifs is 1. The first kappa shape index (κ1) is 17.1. The normalized spacial score (nSPS) is 14.3. The first-order chi connectivity index (χ1) is 13.1. The van der Waals surface area contributed by atoms with Crippen molar-refractivity contribution in [2.45, 2.75) is 26.2 Å². The van der Waals surface area contributed by atoms with Crippen LogP contribution in [0.15, 0.2) is 36.5 Å². The van der Waals surface area contributed by atoms with Crippen LogP contribution < -0.4 is 5.32 Å². The van der Waals surface area contributed by atoms with Crippen LogP contribution in [0, 0.1) is 6.92 Å². The smallest absolute Gasteiger partial charge is 0.295 e. The molecule has 1 fully saturated rings. The minimum absolute atomic E-state index is 0.0111. The Kier molecular flexibility index (Phi) is 4.53. The van der Waals surface area contributed by atoms with Crippen LogP contribution in [0.5, 0.6) is 0 Å². The average molecular weight is 364 g/mol. The molecule has 4 rings (SSSR count). The summed E-state index contributed by atoms with van der Waals surface area (Å²) in [5, 5.41) is 6.98. The summed E-state index contributed by atoms with van der Waals surface area (Å²) in [6.45, 7) is 3.36. The van der Waals surface area contributed by atoms with Gasteiger partial charge in [-0.1, -0.05) is 12.1 Å². The largest absolute Gasteiger partial charge is 0.339 e. The monoisotopic (exact) mass is 364 g/mol. The number of carbonyl (C=O) groups excluding carboxylic acids is 2. The lowest BCUT2D eigenvalue weighted by Crippen LogP contribution is -2.36. The molecule has 2 aromatic heterocycles. The van der Waals surface area contributed by atoms with Crippen LogP contribution in [0.25, 0.3) is 5.78 Å². The Morgan fingerprint density at radius 3 is 2.63 bits per heavy atom. The molecule has 0 aliphatic carbocycles. The quantitative estimate of drug-likeness (QED) is 0.770. The Labute approximate surface area is 156 Å². The van der Waals surface area contributed by atoms with Crippen molar-refractivity contribution in [1.82, 2.24) is 24.5 Å². The molecule has 0 radical (unpaired) electrons. The summed E-state index contributed by atoms with van der Waals surface area (Å²) in [6, 6.07) is 8.81. The van der Waals surface area contributed by atoms with E-state index in [1.54, 1.807) is 36.5 Å². The van der Waals surface area contributed by atoms with E-state index in [1.807, 2.05) is 11.8 Å². The van der Waals surface area contributed by atoms with E-state index >= 15 is 0 Å². The number of hydrogen-bond donors (Lipinski definition) is 1. The molecule has 8 nitrogen and oxygen atoms in total. The van der Waals surface area contributed by atoms with Gasteiger partial charge in [0.25, 0.3) is 17.6 Å². The van der Waals surface area contributed by atoms with Crippen LogP contribution in [0.2, 0.25) is 0 Å². The maximum Gasteiger partial charge on any atom is 0.295 e. The Hall–Kier alpha value is -3.29. The molecule has 1 N–H and O–H groups in total. The number of rotatable bonds is 3. The molecule has 0 unspecified atom stereocenters. The molecular weight excluding hydrogens is 344 g/mol. The highest BCUT2D eigenvalue weighted by Gasteiger charge is 2.22. The number of para-hydroxylation sites is 1. The van der Waals surface area contributed by atoms with Crippen molar-refractivity contribution < 1.29 is 9.59 Å². The molecule has 8 heteroatoms. The van der Waals surface area contributed by atoms with Crippen LogP contribution >= 0.6 is 0 Å². The van der Waals surface area contributed by atoms with E-state index in [1.165, 1.54) is 4.52 Å². The van der Waals surface area contributed by atoms with Crippen LogP contribution in [0.4, 0.5) is 5.69 Å². The van der Waals surface area contributed by atoms with E-state index in [4.69, 9.17) is 0 Å². The first-order valence-electron chi connectivity index (χ1n) is 9.01. The second-order valence-corrected chi connectivity index (χ2v) is 6.59. The summed E-state index contributed by atoms with van der Waals surface area (Å²) < 4.78 is 1.51. The molecule has 1 aliphatic rings. The van der Waals surface area contributed by atoms with Crippen LogP contribution in [0.3, 0.4) is 0 Å². The third-order valence-corrected chi connectivity index (χ3v) is 4.68. The van der Waals surface area contributed by atoms with Gasteiger partial charge in [-0.3, -0.25) is 9.59 Å². The summed E-state index contributed by atoms with van der Waals surface area (Å²) in [5.41, 5.74) is 1.76. The molecule has 0 spiro atoms. The Balaban J connectivity index is 1.59. The third-order valence-electron chi connectivity index (χ3n) is 4.68. The predicted molar refractivity (Wildman–Crippen MR) is 99.7 cm³/mol. The van der Waals surface area contributed by atoms with Crippen molar-refractivity contribution in [3.63, 3.8) is 0 Å². The molecule has 138 valence electrons. The minimum Gasteiger partial charge on any atom is -0.339 e. The summed E-state index contributed by atoms with van der Waals surface area (Å²) >= 11 is 0. The average Bonchev–Trinajstić information content (AvgIpc) is 3.15. The number of nitrogens with one attached hydrogen (secondary N) is 1. The second-order valence-electron chi connectivity index (χ2n) is 6.59. The Morgan fingerprint density at radius 1 is 1.07 bits per heavy atom. The number of piperidine rings is 1. The number of anilines is 1. The fourth-order valence-electron chi connectivity index (χ4n) is 3.23. The molecule has 1 aromatic carbocycles. The van der Waals surface area contributed by atoms with Crippen LogP contribution in [-0.2, 0) is 0 Å². The molecule has 0 saturated carbocycles. The van der Waals surface area contributed by atoms with Crippen molar-refractivity contribution in [2.75, 3.05) is 18.4 Å². The molecule has 1 saturated heterocycles. The number of nitrogens with zero attached hydrogens (tertiary/aromatic N) is 5. The number of amides is 2. The number of aromatic nitrogens is 4. The molecule has 2 amide bonds. The number of likely N-dealkylation sites (tertiary alicyclic amines) is 1. The van der Waals surface area contributed by atoms with Crippen molar-refractivity contribution in [3.05, 3.63) is 53.6 Å². The third kappa shape index (κ3) is 3.38. The van der Waals surface area contributed by atoms with Crippen molar-refractivity contribution in [3.8, 4) is 0 Å². The van der Waals surface area contributed by atoms with E-state index in [9.17, 15) is 9.59 Å². The summed E-state index contributed by atoms with van der Waals surface area (Å²) in [5.74, 6) is -0.167. The van der Waals surface area contributed by atoms with Gasteiger partial charge in [0.05, 0.1) is 11.3 Å². The van der Waals surface area contributed by atoms with E-state index in [-0.39, 0.29) is 11.7 Å². The number of hydrogen-bond acceptors (Lipinski definition) is 5. The maximum atomic E-state index is 12.9. The van der Waals surface area contributed by atoms with Gasteiger partial charge < -0.3 is 10.2 Å². The van der Waals surface area contributed by atoms with Gasteiger partial charge in [-0.05, 0) is 44.4 Å². The van der Waals surface area contributed by atoms with Crippen LogP contribution in [-0.4, -0.2) is 49.4 Å². The zero-order valence-electron chi connectivity index (χ0n) is 15.1. The molecule has 0 bridgehead atoms. The minimum atomic E-state index is -0.473. The summed E-state index contributed by atoms with van der Waals surface area (Å²) in [4.78, 5) is 35.6. The summed E-state index contributed by atoms with van der Waals surface area (Å²) in [6.07, 6.45) is 4.79.